The summed E-state index contributed by atoms with van der Waals surface area (Å²) in [5.41, 5.74) is 2.52. The summed E-state index contributed by atoms with van der Waals surface area (Å²) in [7, 11) is 0. The average molecular weight is 474 g/mol. The Balaban J connectivity index is 1.21. The number of benzene rings is 1. The first-order valence-electron chi connectivity index (χ1n) is 12.1. The van der Waals surface area contributed by atoms with E-state index in [2.05, 4.69) is 35.1 Å². The molecule has 1 saturated carbocycles. The van der Waals surface area contributed by atoms with Crippen LogP contribution in [0.25, 0.3) is 22.1 Å². The van der Waals surface area contributed by atoms with E-state index in [1.54, 1.807) is 18.7 Å². The summed E-state index contributed by atoms with van der Waals surface area (Å²) >= 11 is 0. The molecule has 0 unspecified atom stereocenters. The number of H-pyrrole nitrogens is 1. The fraction of sp³-hybridized carbons (Fsp3) is 0.400. The van der Waals surface area contributed by atoms with Gasteiger partial charge in [-0.1, -0.05) is 12.1 Å². The smallest absolute Gasteiger partial charge is 0.270 e. The molecule has 1 aliphatic heterocycles. The summed E-state index contributed by atoms with van der Waals surface area (Å²) in [6.07, 6.45) is 6.41. The van der Waals surface area contributed by atoms with Crippen LogP contribution in [0.5, 0.6) is 5.75 Å². The second kappa shape index (κ2) is 9.10. The number of nitrogens with one attached hydrogen (secondary N) is 2. The molecule has 1 amide bonds. The van der Waals surface area contributed by atoms with Gasteiger partial charge in [0, 0.05) is 24.5 Å². The molecule has 1 aromatic carbocycles. The number of para-hydroxylation sites is 1. The molecule has 1 atom stereocenters. The molecule has 0 spiro atoms. The number of aliphatic hydroxyl groups is 1. The number of hydrogen-bond donors (Lipinski definition) is 3. The van der Waals surface area contributed by atoms with Crippen LogP contribution in [0.1, 0.15) is 36.2 Å². The molecule has 180 valence electrons. The van der Waals surface area contributed by atoms with Crippen molar-refractivity contribution in [3.05, 3.63) is 48.7 Å². The Morgan fingerprint density at radius 2 is 2.11 bits per heavy atom. The van der Waals surface area contributed by atoms with Crippen LogP contribution in [0.15, 0.2) is 43.0 Å². The van der Waals surface area contributed by atoms with Gasteiger partial charge in [0.25, 0.3) is 5.91 Å². The molecule has 0 radical (unpaired) electrons. The SMILES string of the molecule is O=C(NCC1CC(O)C1)c1cc(OC[C@H]2CCCN2c2ncnc3nc[nH]c23)c2ccccc2n1. The van der Waals surface area contributed by atoms with E-state index in [1.807, 2.05) is 24.3 Å². The summed E-state index contributed by atoms with van der Waals surface area (Å²) in [6, 6.07) is 9.55. The summed E-state index contributed by atoms with van der Waals surface area (Å²) in [6.45, 7) is 1.87. The molecule has 2 fully saturated rings. The zero-order valence-corrected chi connectivity index (χ0v) is 19.2. The van der Waals surface area contributed by atoms with Gasteiger partial charge >= 0.3 is 0 Å². The highest BCUT2D eigenvalue weighted by Crippen LogP contribution is 2.31. The van der Waals surface area contributed by atoms with E-state index in [9.17, 15) is 9.90 Å². The van der Waals surface area contributed by atoms with Gasteiger partial charge < -0.3 is 25.0 Å². The number of rotatable bonds is 7. The summed E-state index contributed by atoms with van der Waals surface area (Å²) < 4.78 is 6.35. The van der Waals surface area contributed by atoms with Crippen LogP contribution in [0.2, 0.25) is 0 Å². The molecule has 0 bridgehead atoms. The Labute approximate surface area is 201 Å². The van der Waals surface area contributed by atoms with E-state index < -0.39 is 0 Å². The number of hydrogen-bond acceptors (Lipinski definition) is 8. The molecule has 1 aliphatic carbocycles. The minimum absolute atomic E-state index is 0.130. The quantitative estimate of drug-likeness (QED) is 0.373. The van der Waals surface area contributed by atoms with Crippen molar-refractivity contribution in [1.29, 1.82) is 0 Å². The molecule has 6 rings (SSSR count). The van der Waals surface area contributed by atoms with Gasteiger partial charge in [-0.15, -0.1) is 0 Å². The Kier molecular flexibility index (Phi) is 5.65. The lowest BCUT2D eigenvalue weighted by Crippen LogP contribution is -2.38. The van der Waals surface area contributed by atoms with Crippen LogP contribution >= 0.6 is 0 Å². The molecule has 10 nitrogen and oxygen atoms in total. The molecule has 3 N–H and O–H groups in total. The minimum atomic E-state index is -0.238. The number of carbonyl (C=O) groups is 1. The Bertz CT molecular complexity index is 1370. The molecular weight excluding hydrogens is 446 g/mol. The maximum Gasteiger partial charge on any atom is 0.270 e. The van der Waals surface area contributed by atoms with Crippen LogP contribution in [0, 0.1) is 5.92 Å². The lowest BCUT2D eigenvalue weighted by atomic mass is 9.82. The van der Waals surface area contributed by atoms with E-state index in [1.165, 1.54) is 0 Å². The first-order valence-corrected chi connectivity index (χ1v) is 12.1. The summed E-state index contributed by atoms with van der Waals surface area (Å²) in [4.78, 5) is 35.8. The van der Waals surface area contributed by atoms with E-state index in [-0.39, 0.29) is 18.1 Å². The number of pyridine rings is 1. The standard InChI is InChI=1S/C25H27N7O3/c33-17-8-15(9-17)11-26-25(34)20-10-21(18-5-1-2-6-19(18)31-20)35-12-16-4-3-7-32(16)24-22-23(28-13-27-22)29-14-30-24/h1-2,5-6,10,13-17,33H,3-4,7-9,11-12H2,(H,26,34)(H,27,28,29,30)/t15?,16-,17?/m1/s1. The highest BCUT2D eigenvalue weighted by atomic mass is 16.5. The lowest BCUT2D eigenvalue weighted by molar-refractivity contribution is 0.0420. The van der Waals surface area contributed by atoms with Crippen LogP contribution in [-0.2, 0) is 0 Å². The van der Waals surface area contributed by atoms with Crippen LogP contribution in [0.3, 0.4) is 0 Å². The number of anilines is 1. The molecule has 3 aromatic heterocycles. The van der Waals surface area contributed by atoms with Crippen molar-refractivity contribution < 1.29 is 14.6 Å². The maximum absolute atomic E-state index is 12.8. The highest BCUT2D eigenvalue weighted by molar-refractivity contribution is 5.97. The number of carbonyl (C=O) groups excluding carboxylic acids is 1. The summed E-state index contributed by atoms with van der Waals surface area (Å²) in [5, 5.41) is 13.3. The van der Waals surface area contributed by atoms with Crippen molar-refractivity contribution in [2.24, 2.45) is 5.92 Å². The van der Waals surface area contributed by atoms with E-state index >= 15 is 0 Å². The van der Waals surface area contributed by atoms with Crippen LogP contribution in [0.4, 0.5) is 5.82 Å². The van der Waals surface area contributed by atoms with Crippen molar-refractivity contribution in [2.75, 3.05) is 24.6 Å². The molecule has 35 heavy (non-hydrogen) atoms. The third-order valence-corrected chi connectivity index (χ3v) is 6.96. The van der Waals surface area contributed by atoms with Gasteiger partial charge in [-0.3, -0.25) is 4.79 Å². The minimum Gasteiger partial charge on any atom is -0.491 e. The number of aromatic nitrogens is 5. The maximum atomic E-state index is 12.8. The first kappa shape index (κ1) is 21.7. The number of nitrogens with zero attached hydrogens (tertiary/aromatic N) is 5. The lowest BCUT2D eigenvalue weighted by Gasteiger charge is -2.31. The topological polar surface area (TPSA) is 129 Å². The van der Waals surface area contributed by atoms with Crippen molar-refractivity contribution in [3.8, 4) is 5.75 Å². The number of amides is 1. The number of ether oxygens (including phenoxy) is 1. The zero-order chi connectivity index (χ0) is 23.8. The normalized spacial score (nSPS) is 21.9. The number of imidazole rings is 1. The Morgan fingerprint density at radius 3 is 3.00 bits per heavy atom. The largest absolute Gasteiger partial charge is 0.491 e. The second-order valence-electron chi connectivity index (χ2n) is 9.32. The molecule has 4 heterocycles. The fourth-order valence-electron chi connectivity index (χ4n) is 5.02. The van der Waals surface area contributed by atoms with E-state index in [0.717, 1.165) is 48.9 Å². The zero-order valence-electron chi connectivity index (χ0n) is 19.2. The van der Waals surface area contributed by atoms with Crippen LogP contribution < -0.4 is 15.0 Å². The third-order valence-electron chi connectivity index (χ3n) is 6.96. The monoisotopic (exact) mass is 473 g/mol. The molecule has 1 saturated heterocycles. The van der Waals surface area contributed by atoms with Gasteiger partial charge in [0.05, 0.1) is 24.0 Å². The van der Waals surface area contributed by atoms with Gasteiger partial charge in [-0.25, -0.2) is 19.9 Å². The number of aromatic amines is 1. The predicted molar refractivity (Wildman–Crippen MR) is 130 cm³/mol. The van der Waals surface area contributed by atoms with E-state index in [0.29, 0.717) is 41.7 Å². The third kappa shape index (κ3) is 4.25. The van der Waals surface area contributed by atoms with Gasteiger partial charge in [0.15, 0.2) is 11.5 Å². The molecule has 4 aromatic rings. The fourth-order valence-corrected chi connectivity index (χ4v) is 5.02. The van der Waals surface area contributed by atoms with Gasteiger partial charge in [0.2, 0.25) is 0 Å². The second-order valence-corrected chi connectivity index (χ2v) is 9.32. The van der Waals surface area contributed by atoms with Crippen molar-refractivity contribution in [3.63, 3.8) is 0 Å². The van der Waals surface area contributed by atoms with Gasteiger partial charge in [-0.2, -0.15) is 0 Å². The molecule has 10 heteroatoms. The van der Waals surface area contributed by atoms with Gasteiger partial charge in [-0.05, 0) is 43.7 Å². The predicted octanol–water partition coefficient (Wildman–Crippen LogP) is 2.45. The van der Waals surface area contributed by atoms with Gasteiger partial charge in [0.1, 0.15) is 29.9 Å². The average Bonchev–Trinajstić information content (AvgIpc) is 3.53. The summed E-state index contributed by atoms with van der Waals surface area (Å²) in [5.74, 6) is 1.56. The van der Waals surface area contributed by atoms with Crippen molar-refractivity contribution in [2.45, 2.75) is 37.8 Å². The highest BCUT2D eigenvalue weighted by Gasteiger charge is 2.29. The molecular formula is C25H27N7O3. The van der Waals surface area contributed by atoms with Crippen molar-refractivity contribution in [1.82, 2.24) is 30.2 Å². The van der Waals surface area contributed by atoms with Crippen molar-refractivity contribution >= 4 is 33.8 Å². The van der Waals surface area contributed by atoms with Crippen LogP contribution in [-0.4, -0.2) is 67.8 Å². The number of fused-ring (bicyclic) bond motifs is 2. The van der Waals surface area contributed by atoms with E-state index in [4.69, 9.17) is 4.74 Å². The molecule has 2 aliphatic rings. The first-order chi connectivity index (χ1) is 17.2. The number of aliphatic hydroxyl groups excluding tert-OH is 1. The Hall–Kier alpha value is -3.79. The Morgan fingerprint density at radius 1 is 1.23 bits per heavy atom.